The molecule has 0 saturated carbocycles. The van der Waals surface area contributed by atoms with Gasteiger partial charge in [0.05, 0.1) is 18.2 Å². The molecule has 12 heavy (non-hydrogen) atoms. The molecule has 4 heteroatoms. The smallest absolute Gasteiger partial charge is 0.312 e. The monoisotopic (exact) mass is 170 g/mol. The second-order valence-corrected chi connectivity index (χ2v) is 3.48. The van der Waals surface area contributed by atoms with Gasteiger partial charge in [-0.05, 0) is 6.92 Å². The molecule has 4 nitrogen and oxygen atoms in total. The highest BCUT2D eigenvalue weighted by molar-refractivity contribution is 5.75. The topological polar surface area (TPSA) is 50.4 Å². The quantitative estimate of drug-likeness (QED) is 0.519. The van der Waals surface area contributed by atoms with E-state index in [2.05, 4.69) is 10.6 Å². The van der Waals surface area contributed by atoms with E-state index in [1.54, 1.807) is 0 Å². The van der Waals surface area contributed by atoms with Crippen molar-refractivity contribution in [2.24, 2.45) is 5.92 Å². The molecule has 0 aromatic heterocycles. The van der Waals surface area contributed by atoms with Crippen LogP contribution >= 0.6 is 0 Å². The third kappa shape index (κ3) is 1.32. The van der Waals surface area contributed by atoms with Crippen molar-refractivity contribution in [2.75, 3.05) is 13.1 Å². The fourth-order valence-electron chi connectivity index (χ4n) is 1.87. The molecule has 0 radical (unpaired) electrons. The van der Waals surface area contributed by atoms with Crippen LogP contribution in [-0.4, -0.2) is 31.3 Å². The molecule has 2 atom stereocenters. The Morgan fingerprint density at radius 1 is 1.42 bits per heavy atom. The highest BCUT2D eigenvalue weighted by Crippen LogP contribution is 2.23. The first-order chi connectivity index (χ1) is 5.77. The molecule has 0 aromatic carbocycles. The number of esters is 1. The molecule has 68 valence electrons. The lowest BCUT2D eigenvalue weighted by Gasteiger charge is -2.14. The van der Waals surface area contributed by atoms with E-state index in [1.165, 1.54) is 0 Å². The molecule has 0 aromatic rings. The standard InChI is InChI=1S/C8H14N2O2/c1-5-4-6(8(11)12-5)7-9-2-3-10-7/h5-7,9-10H,2-4H2,1H3. The molecule has 2 aliphatic rings. The van der Waals surface area contributed by atoms with Crippen molar-refractivity contribution in [2.45, 2.75) is 25.6 Å². The Morgan fingerprint density at radius 3 is 2.58 bits per heavy atom. The van der Waals surface area contributed by atoms with Crippen LogP contribution in [0.2, 0.25) is 0 Å². The van der Waals surface area contributed by atoms with E-state index in [-0.39, 0.29) is 24.2 Å². The van der Waals surface area contributed by atoms with Gasteiger partial charge < -0.3 is 4.74 Å². The van der Waals surface area contributed by atoms with E-state index < -0.39 is 0 Å². The van der Waals surface area contributed by atoms with Crippen LogP contribution in [0.1, 0.15) is 13.3 Å². The Morgan fingerprint density at radius 2 is 2.08 bits per heavy atom. The summed E-state index contributed by atoms with van der Waals surface area (Å²) in [6, 6.07) is 0. The van der Waals surface area contributed by atoms with Crippen molar-refractivity contribution in [3.05, 3.63) is 0 Å². The zero-order chi connectivity index (χ0) is 8.55. The SMILES string of the molecule is CC1CC(C2NCCN2)C(=O)O1. The van der Waals surface area contributed by atoms with Crippen LogP contribution in [0.15, 0.2) is 0 Å². The average Bonchev–Trinajstić information content (AvgIpc) is 2.58. The predicted molar refractivity (Wildman–Crippen MR) is 43.5 cm³/mol. The molecule has 2 unspecified atom stereocenters. The Bertz CT molecular complexity index is 189. The van der Waals surface area contributed by atoms with Crippen molar-refractivity contribution in [1.29, 1.82) is 0 Å². The number of ether oxygens (including phenoxy) is 1. The first-order valence-corrected chi connectivity index (χ1v) is 4.44. The number of hydrogen-bond donors (Lipinski definition) is 2. The number of nitrogens with one attached hydrogen (secondary N) is 2. The molecule has 0 amide bonds. The predicted octanol–water partition coefficient (Wildman–Crippen LogP) is -0.543. The van der Waals surface area contributed by atoms with Gasteiger partial charge in [-0.1, -0.05) is 0 Å². The molecular formula is C8H14N2O2. The number of hydrogen-bond acceptors (Lipinski definition) is 4. The van der Waals surface area contributed by atoms with Gasteiger partial charge in [0.2, 0.25) is 0 Å². The minimum Gasteiger partial charge on any atom is -0.462 e. The van der Waals surface area contributed by atoms with Gasteiger partial charge in [-0.3, -0.25) is 15.4 Å². The van der Waals surface area contributed by atoms with E-state index in [0.29, 0.717) is 0 Å². The van der Waals surface area contributed by atoms with E-state index >= 15 is 0 Å². The maximum atomic E-state index is 11.3. The molecule has 2 aliphatic heterocycles. The minimum absolute atomic E-state index is 0.0162. The lowest BCUT2D eigenvalue weighted by molar-refractivity contribution is -0.144. The Labute approximate surface area is 71.7 Å². The molecule has 2 heterocycles. The molecule has 2 rings (SSSR count). The van der Waals surface area contributed by atoms with E-state index in [9.17, 15) is 4.79 Å². The first-order valence-electron chi connectivity index (χ1n) is 4.44. The van der Waals surface area contributed by atoms with Crippen molar-refractivity contribution < 1.29 is 9.53 Å². The fraction of sp³-hybridized carbons (Fsp3) is 0.875. The van der Waals surface area contributed by atoms with Crippen molar-refractivity contribution in [3.8, 4) is 0 Å². The lowest BCUT2D eigenvalue weighted by atomic mass is 10.0. The average molecular weight is 170 g/mol. The Hall–Kier alpha value is -0.610. The largest absolute Gasteiger partial charge is 0.462 e. The van der Waals surface area contributed by atoms with Gasteiger partial charge in [-0.15, -0.1) is 0 Å². The van der Waals surface area contributed by atoms with Crippen LogP contribution in [0.3, 0.4) is 0 Å². The number of rotatable bonds is 1. The summed E-state index contributed by atoms with van der Waals surface area (Å²) in [5.41, 5.74) is 0. The summed E-state index contributed by atoms with van der Waals surface area (Å²) < 4.78 is 5.07. The molecule has 0 spiro atoms. The number of carbonyl (C=O) groups excluding carboxylic acids is 1. The maximum absolute atomic E-state index is 11.3. The van der Waals surface area contributed by atoms with Gasteiger partial charge in [-0.25, -0.2) is 0 Å². The normalized spacial score (nSPS) is 37.2. The fourth-order valence-corrected chi connectivity index (χ4v) is 1.87. The third-order valence-electron chi connectivity index (χ3n) is 2.46. The lowest BCUT2D eigenvalue weighted by Crippen LogP contribution is -2.40. The maximum Gasteiger partial charge on any atom is 0.312 e. The van der Waals surface area contributed by atoms with Crippen LogP contribution in [0.25, 0.3) is 0 Å². The number of cyclic esters (lactones) is 1. The Kier molecular flexibility index (Phi) is 2.02. The van der Waals surface area contributed by atoms with Crippen LogP contribution in [-0.2, 0) is 9.53 Å². The summed E-state index contributed by atoms with van der Waals surface area (Å²) in [4.78, 5) is 11.3. The summed E-state index contributed by atoms with van der Waals surface area (Å²) >= 11 is 0. The second kappa shape index (κ2) is 3.03. The molecular weight excluding hydrogens is 156 g/mol. The van der Waals surface area contributed by atoms with Gasteiger partial charge >= 0.3 is 5.97 Å². The van der Waals surface area contributed by atoms with Gasteiger partial charge in [0.1, 0.15) is 0 Å². The molecule has 2 fully saturated rings. The molecule has 0 bridgehead atoms. The summed E-state index contributed by atoms with van der Waals surface area (Å²) in [5.74, 6) is -0.0445. The summed E-state index contributed by atoms with van der Waals surface area (Å²) in [6.07, 6.45) is 1.07. The van der Waals surface area contributed by atoms with Crippen LogP contribution in [0, 0.1) is 5.92 Å². The van der Waals surface area contributed by atoms with Crippen LogP contribution in [0.5, 0.6) is 0 Å². The third-order valence-corrected chi connectivity index (χ3v) is 2.46. The zero-order valence-electron chi connectivity index (χ0n) is 7.17. The van der Waals surface area contributed by atoms with Crippen LogP contribution in [0.4, 0.5) is 0 Å². The molecule has 0 aliphatic carbocycles. The summed E-state index contributed by atoms with van der Waals surface area (Å²) in [5, 5.41) is 6.48. The van der Waals surface area contributed by atoms with Crippen molar-refractivity contribution >= 4 is 5.97 Å². The first kappa shape index (κ1) is 8.01. The summed E-state index contributed by atoms with van der Waals surface area (Å²) in [7, 11) is 0. The van der Waals surface area contributed by atoms with Gasteiger partial charge in [0, 0.05) is 19.5 Å². The highest BCUT2D eigenvalue weighted by Gasteiger charge is 2.38. The number of carbonyl (C=O) groups is 1. The van der Waals surface area contributed by atoms with Gasteiger partial charge in [-0.2, -0.15) is 0 Å². The minimum atomic E-state index is -0.0607. The Balaban J connectivity index is 1.98. The van der Waals surface area contributed by atoms with E-state index in [0.717, 1.165) is 19.5 Å². The highest BCUT2D eigenvalue weighted by atomic mass is 16.5. The van der Waals surface area contributed by atoms with Crippen molar-refractivity contribution in [3.63, 3.8) is 0 Å². The van der Waals surface area contributed by atoms with Crippen molar-refractivity contribution in [1.82, 2.24) is 10.6 Å². The molecule has 2 saturated heterocycles. The summed E-state index contributed by atoms with van der Waals surface area (Å²) in [6.45, 7) is 3.83. The van der Waals surface area contributed by atoms with E-state index in [1.807, 2.05) is 6.92 Å². The second-order valence-electron chi connectivity index (χ2n) is 3.48. The van der Waals surface area contributed by atoms with Crippen LogP contribution < -0.4 is 10.6 Å². The van der Waals surface area contributed by atoms with Gasteiger partial charge in [0.15, 0.2) is 0 Å². The zero-order valence-corrected chi connectivity index (χ0v) is 7.17. The molecule has 2 N–H and O–H groups in total. The van der Waals surface area contributed by atoms with Gasteiger partial charge in [0.25, 0.3) is 0 Å². The van der Waals surface area contributed by atoms with E-state index in [4.69, 9.17) is 4.74 Å².